The van der Waals surface area contributed by atoms with E-state index in [1.165, 1.54) is 0 Å². The van der Waals surface area contributed by atoms with Crippen LogP contribution < -0.4 is 14.7 Å². The van der Waals surface area contributed by atoms with Gasteiger partial charge in [0.15, 0.2) is 11.6 Å². The molecule has 136 valence electrons. The van der Waals surface area contributed by atoms with E-state index in [9.17, 15) is 5.26 Å². The summed E-state index contributed by atoms with van der Waals surface area (Å²) in [5.74, 6) is 2.60. The molecule has 27 heavy (non-hydrogen) atoms. The van der Waals surface area contributed by atoms with Gasteiger partial charge in [-0.25, -0.2) is 4.98 Å². The number of benzene rings is 1. The maximum absolute atomic E-state index is 9.49. The summed E-state index contributed by atoms with van der Waals surface area (Å²) in [5, 5.41) is 19.0. The van der Waals surface area contributed by atoms with Crippen LogP contribution in [-0.2, 0) is 0 Å². The van der Waals surface area contributed by atoms with Gasteiger partial charge in [-0.2, -0.15) is 5.26 Å². The van der Waals surface area contributed by atoms with Gasteiger partial charge in [-0.05, 0) is 24.3 Å². The average Bonchev–Trinajstić information content (AvgIpc) is 2.73. The predicted octanol–water partition coefficient (Wildman–Crippen LogP) is 2.29. The van der Waals surface area contributed by atoms with E-state index in [0.717, 1.165) is 54.5 Å². The third-order valence-corrected chi connectivity index (χ3v) is 4.85. The fourth-order valence-electron chi connectivity index (χ4n) is 3.31. The molecule has 0 spiro atoms. The first-order valence-corrected chi connectivity index (χ1v) is 8.96. The molecule has 0 atom stereocenters. The van der Waals surface area contributed by atoms with Crippen molar-refractivity contribution in [3.8, 4) is 6.07 Å². The summed E-state index contributed by atoms with van der Waals surface area (Å²) in [6.45, 7) is 3.33. The summed E-state index contributed by atoms with van der Waals surface area (Å²) in [6.07, 6.45) is 0. The number of hydrogen-bond donors (Lipinski definition) is 0. The van der Waals surface area contributed by atoms with E-state index in [-0.39, 0.29) is 0 Å². The van der Waals surface area contributed by atoms with Crippen molar-refractivity contribution in [1.29, 1.82) is 5.26 Å². The smallest absolute Gasteiger partial charge is 0.151 e. The summed E-state index contributed by atoms with van der Waals surface area (Å²) >= 11 is 0. The van der Waals surface area contributed by atoms with Crippen LogP contribution in [0.1, 0.15) is 5.56 Å². The van der Waals surface area contributed by atoms with Crippen molar-refractivity contribution < 1.29 is 0 Å². The van der Waals surface area contributed by atoms with Crippen molar-refractivity contribution in [2.24, 2.45) is 0 Å². The van der Waals surface area contributed by atoms with Gasteiger partial charge < -0.3 is 14.7 Å². The lowest BCUT2D eigenvalue weighted by molar-refractivity contribution is 0.638. The summed E-state index contributed by atoms with van der Waals surface area (Å²) < 4.78 is 0. The lowest BCUT2D eigenvalue weighted by atomic mass is 10.1. The third-order valence-electron chi connectivity index (χ3n) is 4.85. The lowest BCUT2D eigenvalue weighted by Gasteiger charge is -2.36. The molecule has 0 saturated carbocycles. The van der Waals surface area contributed by atoms with Crippen molar-refractivity contribution in [3.63, 3.8) is 0 Å². The molecule has 0 N–H and O–H groups in total. The molecule has 4 rings (SSSR count). The van der Waals surface area contributed by atoms with Gasteiger partial charge in [0.2, 0.25) is 0 Å². The lowest BCUT2D eigenvalue weighted by Crippen LogP contribution is -2.47. The Balaban J connectivity index is 1.51. The molecule has 0 aliphatic carbocycles. The molecular formula is C20H21N7. The van der Waals surface area contributed by atoms with Gasteiger partial charge in [0, 0.05) is 45.7 Å². The van der Waals surface area contributed by atoms with Crippen molar-refractivity contribution >= 4 is 28.4 Å². The molecule has 2 aromatic heterocycles. The Kier molecular flexibility index (Phi) is 4.47. The van der Waals surface area contributed by atoms with Gasteiger partial charge in [0.05, 0.1) is 17.1 Å². The number of rotatable bonds is 3. The number of hydrogen-bond acceptors (Lipinski definition) is 7. The van der Waals surface area contributed by atoms with Crippen LogP contribution in [0, 0.1) is 11.3 Å². The third kappa shape index (κ3) is 3.34. The molecule has 1 fully saturated rings. The zero-order valence-electron chi connectivity index (χ0n) is 15.5. The van der Waals surface area contributed by atoms with Crippen LogP contribution in [0.5, 0.6) is 0 Å². The largest absolute Gasteiger partial charge is 0.361 e. The molecule has 1 aromatic carbocycles. The van der Waals surface area contributed by atoms with Crippen molar-refractivity contribution in [1.82, 2.24) is 15.2 Å². The predicted molar refractivity (Wildman–Crippen MR) is 107 cm³/mol. The van der Waals surface area contributed by atoms with Crippen molar-refractivity contribution in [3.05, 3.63) is 48.0 Å². The molecule has 1 aliphatic rings. The minimum atomic E-state index is 0.670. The van der Waals surface area contributed by atoms with Crippen LogP contribution in [0.3, 0.4) is 0 Å². The number of para-hydroxylation sites is 1. The monoisotopic (exact) mass is 359 g/mol. The highest BCUT2D eigenvalue weighted by atomic mass is 15.3. The minimum Gasteiger partial charge on any atom is -0.361 e. The Labute approximate surface area is 158 Å². The van der Waals surface area contributed by atoms with Crippen molar-refractivity contribution in [2.45, 2.75) is 0 Å². The van der Waals surface area contributed by atoms with Gasteiger partial charge >= 0.3 is 0 Å². The Morgan fingerprint density at radius 2 is 1.63 bits per heavy atom. The summed E-state index contributed by atoms with van der Waals surface area (Å²) in [4.78, 5) is 11.2. The highest BCUT2D eigenvalue weighted by Crippen LogP contribution is 2.24. The Morgan fingerprint density at radius 1 is 0.926 bits per heavy atom. The van der Waals surface area contributed by atoms with Gasteiger partial charge in [-0.1, -0.05) is 18.2 Å². The normalized spacial score (nSPS) is 14.3. The topological polar surface area (TPSA) is 72.2 Å². The van der Waals surface area contributed by atoms with Gasteiger partial charge in [-0.3, -0.25) is 0 Å². The molecule has 1 aliphatic heterocycles. The van der Waals surface area contributed by atoms with E-state index in [0.29, 0.717) is 5.56 Å². The maximum Gasteiger partial charge on any atom is 0.151 e. The molecule has 1 saturated heterocycles. The Hall–Kier alpha value is -3.40. The number of pyridine rings is 1. The SMILES string of the molecule is CN(C)c1ccc(N2CCN(c3cc(C#N)c4ccccc4n3)CC2)nn1. The molecule has 3 aromatic rings. The molecular weight excluding hydrogens is 338 g/mol. The van der Waals surface area contributed by atoms with E-state index in [2.05, 4.69) is 26.1 Å². The Morgan fingerprint density at radius 3 is 2.26 bits per heavy atom. The van der Waals surface area contributed by atoms with Crippen LogP contribution in [0.15, 0.2) is 42.5 Å². The molecule has 0 amide bonds. The van der Waals surface area contributed by atoms with E-state index in [1.807, 2.05) is 61.5 Å². The molecule has 0 unspecified atom stereocenters. The first-order valence-electron chi connectivity index (χ1n) is 8.96. The Bertz CT molecular complexity index is 983. The standard InChI is InChI=1S/C20H21N7/c1-25(2)18-7-8-19(24-23-18)26-9-11-27(12-10-26)20-13-15(14-21)16-5-3-4-6-17(16)22-20/h3-8,13H,9-12H2,1-2H3. The summed E-state index contributed by atoms with van der Waals surface area (Å²) in [6, 6.07) is 16.0. The van der Waals surface area contributed by atoms with E-state index in [4.69, 9.17) is 4.98 Å². The fourth-order valence-corrected chi connectivity index (χ4v) is 3.31. The number of piperazine rings is 1. The van der Waals surface area contributed by atoms with Crippen LogP contribution in [-0.4, -0.2) is 55.5 Å². The van der Waals surface area contributed by atoms with E-state index >= 15 is 0 Å². The van der Waals surface area contributed by atoms with Crippen LogP contribution in [0.2, 0.25) is 0 Å². The van der Waals surface area contributed by atoms with Crippen LogP contribution >= 0.6 is 0 Å². The van der Waals surface area contributed by atoms with Crippen molar-refractivity contribution in [2.75, 3.05) is 55.0 Å². The summed E-state index contributed by atoms with van der Waals surface area (Å²) in [7, 11) is 3.91. The number of anilines is 3. The molecule has 7 heteroatoms. The second-order valence-corrected chi connectivity index (χ2v) is 6.78. The van der Waals surface area contributed by atoms with Gasteiger partial charge in [-0.15, -0.1) is 10.2 Å². The van der Waals surface area contributed by atoms with E-state index < -0.39 is 0 Å². The highest BCUT2D eigenvalue weighted by Gasteiger charge is 2.20. The van der Waals surface area contributed by atoms with Gasteiger partial charge in [0.25, 0.3) is 0 Å². The second kappa shape index (κ2) is 7.08. The molecule has 0 radical (unpaired) electrons. The fraction of sp³-hybridized carbons (Fsp3) is 0.300. The summed E-state index contributed by atoms with van der Waals surface area (Å²) in [5.41, 5.74) is 1.53. The number of nitriles is 1. The number of aromatic nitrogens is 3. The number of nitrogens with zero attached hydrogens (tertiary/aromatic N) is 7. The first-order chi connectivity index (χ1) is 13.2. The molecule has 0 bridgehead atoms. The minimum absolute atomic E-state index is 0.670. The zero-order valence-corrected chi connectivity index (χ0v) is 15.5. The zero-order chi connectivity index (χ0) is 18.8. The molecule has 3 heterocycles. The molecule has 7 nitrogen and oxygen atoms in total. The maximum atomic E-state index is 9.49. The average molecular weight is 359 g/mol. The van der Waals surface area contributed by atoms with Gasteiger partial charge in [0.1, 0.15) is 5.82 Å². The quantitative estimate of drug-likeness (QED) is 0.710. The van der Waals surface area contributed by atoms with Crippen LogP contribution in [0.25, 0.3) is 10.9 Å². The number of fused-ring (bicyclic) bond motifs is 1. The van der Waals surface area contributed by atoms with Crippen LogP contribution in [0.4, 0.5) is 17.5 Å². The second-order valence-electron chi connectivity index (χ2n) is 6.78. The highest BCUT2D eigenvalue weighted by molar-refractivity contribution is 5.86. The first kappa shape index (κ1) is 17.0. The van der Waals surface area contributed by atoms with E-state index in [1.54, 1.807) is 0 Å².